The van der Waals surface area contributed by atoms with E-state index >= 15 is 0 Å². The Morgan fingerprint density at radius 1 is 1.45 bits per heavy atom. The molecule has 3 heterocycles. The lowest BCUT2D eigenvalue weighted by Gasteiger charge is -2.10. The summed E-state index contributed by atoms with van der Waals surface area (Å²) in [5, 5.41) is 4.91. The largest absolute Gasteiger partial charge is 0.376 e. The molecular weight excluding hydrogens is 272 g/mol. The molecule has 1 unspecified atom stereocenters. The average molecular weight is 288 g/mol. The molecule has 2 aromatic rings. The van der Waals surface area contributed by atoms with Crippen molar-refractivity contribution in [1.82, 2.24) is 10.3 Å². The van der Waals surface area contributed by atoms with Crippen LogP contribution >= 0.6 is 11.3 Å². The third-order valence-corrected chi connectivity index (χ3v) is 4.21. The molecule has 0 bridgehead atoms. The van der Waals surface area contributed by atoms with Crippen molar-refractivity contribution in [3.05, 3.63) is 41.4 Å². The van der Waals surface area contributed by atoms with Gasteiger partial charge in [0.2, 0.25) is 0 Å². The fourth-order valence-corrected chi connectivity index (χ4v) is 2.91. The number of carbonyl (C=O) groups is 1. The van der Waals surface area contributed by atoms with E-state index in [1.165, 1.54) is 0 Å². The molecule has 1 saturated heterocycles. The first-order chi connectivity index (χ1) is 9.83. The zero-order valence-corrected chi connectivity index (χ0v) is 11.9. The first kappa shape index (κ1) is 13.3. The minimum absolute atomic E-state index is 0.0919. The van der Waals surface area contributed by atoms with Crippen LogP contribution in [0.3, 0.4) is 0 Å². The van der Waals surface area contributed by atoms with E-state index < -0.39 is 0 Å². The van der Waals surface area contributed by atoms with Crippen molar-refractivity contribution in [2.75, 3.05) is 13.2 Å². The molecule has 104 valence electrons. The number of hydrogen-bond donors (Lipinski definition) is 1. The van der Waals surface area contributed by atoms with Gasteiger partial charge in [0.25, 0.3) is 5.91 Å². The SMILES string of the molecule is O=C(NCC1CCCO1)c1ccc(-c2cccs2)nc1. The Hall–Kier alpha value is -1.72. The highest BCUT2D eigenvalue weighted by molar-refractivity contribution is 7.13. The monoisotopic (exact) mass is 288 g/mol. The van der Waals surface area contributed by atoms with E-state index in [0.717, 1.165) is 30.0 Å². The number of pyridine rings is 1. The fourth-order valence-electron chi connectivity index (χ4n) is 2.21. The van der Waals surface area contributed by atoms with Gasteiger partial charge in [-0.25, -0.2) is 0 Å². The maximum atomic E-state index is 12.0. The molecule has 1 fully saturated rings. The zero-order valence-electron chi connectivity index (χ0n) is 11.0. The predicted octanol–water partition coefficient (Wildman–Crippen LogP) is 2.72. The first-order valence-electron chi connectivity index (χ1n) is 6.72. The van der Waals surface area contributed by atoms with E-state index in [1.807, 2.05) is 29.6 Å². The van der Waals surface area contributed by atoms with Gasteiger partial charge in [-0.05, 0) is 36.4 Å². The van der Waals surface area contributed by atoms with E-state index in [1.54, 1.807) is 17.5 Å². The molecule has 1 atom stereocenters. The number of carbonyl (C=O) groups excluding carboxylic acids is 1. The Kier molecular flexibility index (Phi) is 4.08. The van der Waals surface area contributed by atoms with Crippen molar-refractivity contribution < 1.29 is 9.53 Å². The van der Waals surface area contributed by atoms with Crippen LogP contribution in [-0.2, 0) is 4.74 Å². The van der Waals surface area contributed by atoms with Crippen LogP contribution in [-0.4, -0.2) is 30.1 Å². The second-order valence-electron chi connectivity index (χ2n) is 4.75. The van der Waals surface area contributed by atoms with Crippen molar-refractivity contribution in [2.24, 2.45) is 0 Å². The number of hydrogen-bond acceptors (Lipinski definition) is 4. The van der Waals surface area contributed by atoms with Gasteiger partial charge in [0.05, 0.1) is 22.2 Å². The standard InChI is InChI=1S/C15H16N2O2S/c18-15(17-10-12-3-1-7-19-12)11-5-6-13(16-9-11)14-4-2-8-20-14/h2,4-6,8-9,12H,1,3,7,10H2,(H,17,18). The summed E-state index contributed by atoms with van der Waals surface area (Å²) in [5.41, 5.74) is 1.49. The van der Waals surface area contributed by atoms with E-state index in [4.69, 9.17) is 4.74 Å². The molecule has 1 N–H and O–H groups in total. The highest BCUT2D eigenvalue weighted by Gasteiger charge is 2.16. The summed E-state index contributed by atoms with van der Waals surface area (Å²) in [4.78, 5) is 17.4. The molecule has 1 aliphatic heterocycles. The Labute approximate surface area is 121 Å². The van der Waals surface area contributed by atoms with Crippen molar-refractivity contribution in [2.45, 2.75) is 18.9 Å². The molecular formula is C15H16N2O2S. The topological polar surface area (TPSA) is 51.2 Å². The number of nitrogens with one attached hydrogen (secondary N) is 1. The van der Waals surface area contributed by atoms with E-state index in [9.17, 15) is 4.79 Å². The van der Waals surface area contributed by atoms with Gasteiger partial charge in [-0.1, -0.05) is 6.07 Å². The van der Waals surface area contributed by atoms with Gasteiger partial charge >= 0.3 is 0 Å². The highest BCUT2D eigenvalue weighted by Crippen LogP contribution is 2.22. The molecule has 0 aromatic carbocycles. The van der Waals surface area contributed by atoms with Gasteiger partial charge in [0.1, 0.15) is 0 Å². The lowest BCUT2D eigenvalue weighted by Crippen LogP contribution is -2.31. The van der Waals surface area contributed by atoms with Crippen molar-refractivity contribution >= 4 is 17.2 Å². The highest BCUT2D eigenvalue weighted by atomic mass is 32.1. The van der Waals surface area contributed by atoms with Crippen LogP contribution in [0.2, 0.25) is 0 Å². The third-order valence-electron chi connectivity index (χ3n) is 3.31. The second-order valence-corrected chi connectivity index (χ2v) is 5.70. The Morgan fingerprint density at radius 2 is 2.40 bits per heavy atom. The van der Waals surface area contributed by atoms with Crippen molar-refractivity contribution in [1.29, 1.82) is 0 Å². The summed E-state index contributed by atoms with van der Waals surface area (Å²) >= 11 is 1.64. The summed E-state index contributed by atoms with van der Waals surface area (Å²) in [7, 11) is 0. The molecule has 0 spiro atoms. The van der Waals surface area contributed by atoms with Gasteiger partial charge in [0.15, 0.2) is 0 Å². The van der Waals surface area contributed by atoms with Gasteiger partial charge in [-0.2, -0.15) is 0 Å². The summed E-state index contributed by atoms with van der Waals surface area (Å²) in [6.45, 7) is 1.38. The molecule has 1 aliphatic rings. The molecule has 0 radical (unpaired) electrons. The number of ether oxygens (including phenoxy) is 1. The van der Waals surface area contributed by atoms with Gasteiger partial charge in [0, 0.05) is 19.3 Å². The van der Waals surface area contributed by atoms with Crippen LogP contribution in [0, 0.1) is 0 Å². The van der Waals surface area contributed by atoms with Crippen LogP contribution in [0.1, 0.15) is 23.2 Å². The zero-order chi connectivity index (χ0) is 13.8. The number of amides is 1. The van der Waals surface area contributed by atoms with Gasteiger partial charge in [-0.15, -0.1) is 11.3 Å². The van der Waals surface area contributed by atoms with Crippen LogP contribution in [0.15, 0.2) is 35.8 Å². The second kappa shape index (κ2) is 6.15. The molecule has 5 heteroatoms. The molecule has 0 aliphatic carbocycles. The number of nitrogens with zero attached hydrogens (tertiary/aromatic N) is 1. The summed E-state index contributed by atoms with van der Waals surface area (Å²) in [6, 6.07) is 7.70. The van der Waals surface area contributed by atoms with Crippen LogP contribution in [0.4, 0.5) is 0 Å². The number of rotatable bonds is 4. The Morgan fingerprint density at radius 3 is 3.05 bits per heavy atom. The minimum Gasteiger partial charge on any atom is -0.376 e. The first-order valence-corrected chi connectivity index (χ1v) is 7.60. The number of aromatic nitrogens is 1. The number of thiophene rings is 1. The lowest BCUT2D eigenvalue weighted by molar-refractivity contribution is 0.0857. The summed E-state index contributed by atoms with van der Waals surface area (Å²) < 4.78 is 5.48. The molecule has 0 saturated carbocycles. The van der Waals surface area contributed by atoms with Gasteiger partial charge in [-0.3, -0.25) is 9.78 Å². The molecule has 2 aromatic heterocycles. The summed E-state index contributed by atoms with van der Waals surface area (Å²) in [6.07, 6.45) is 3.89. The third kappa shape index (κ3) is 3.05. The average Bonchev–Trinajstić information content (AvgIpc) is 3.18. The molecule has 4 nitrogen and oxygen atoms in total. The Bertz CT molecular complexity index is 560. The molecule has 20 heavy (non-hydrogen) atoms. The van der Waals surface area contributed by atoms with E-state index in [-0.39, 0.29) is 12.0 Å². The van der Waals surface area contributed by atoms with Crippen LogP contribution in [0.5, 0.6) is 0 Å². The van der Waals surface area contributed by atoms with Crippen LogP contribution in [0.25, 0.3) is 10.6 Å². The fraction of sp³-hybridized carbons (Fsp3) is 0.333. The maximum Gasteiger partial charge on any atom is 0.252 e. The van der Waals surface area contributed by atoms with E-state index in [2.05, 4.69) is 10.3 Å². The molecule has 1 amide bonds. The van der Waals surface area contributed by atoms with Crippen molar-refractivity contribution in [3.8, 4) is 10.6 Å². The predicted molar refractivity (Wildman–Crippen MR) is 78.9 cm³/mol. The lowest BCUT2D eigenvalue weighted by atomic mass is 10.2. The van der Waals surface area contributed by atoms with Crippen molar-refractivity contribution in [3.63, 3.8) is 0 Å². The molecule has 3 rings (SSSR count). The quantitative estimate of drug-likeness (QED) is 0.941. The smallest absolute Gasteiger partial charge is 0.252 e. The van der Waals surface area contributed by atoms with Crippen LogP contribution < -0.4 is 5.32 Å². The minimum atomic E-state index is -0.0919. The van der Waals surface area contributed by atoms with E-state index in [0.29, 0.717) is 12.1 Å². The normalized spacial score (nSPS) is 18.1. The maximum absolute atomic E-state index is 12.0. The Balaban J connectivity index is 1.60. The summed E-state index contributed by atoms with van der Waals surface area (Å²) in [5.74, 6) is -0.0919. The van der Waals surface area contributed by atoms with Gasteiger partial charge < -0.3 is 10.1 Å².